The van der Waals surface area contributed by atoms with Gasteiger partial charge in [0.25, 0.3) is 0 Å². The summed E-state index contributed by atoms with van der Waals surface area (Å²) in [5, 5.41) is 3.82. The molecule has 23 heavy (non-hydrogen) atoms. The lowest BCUT2D eigenvalue weighted by Crippen LogP contribution is -2.34. The van der Waals surface area contributed by atoms with Crippen molar-refractivity contribution in [3.8, 4) is 0 Å². The van der Waals surface area contributed by atoms with Crippen LogP contribution in [0, 0.1) is 0 Å². The monoisotopic (exact) mass is 347 g/mol. The van der Waals surface area contributed by atoms with Gasteiger partial charge < -0.3 is 5.32 Å². The van der Waals surface area contributed by atoms with Crippen molar-refractivity contribution in [2.45, 2.75) is 31.6 Å². The van der Waals surface area contributed by atoms with E-state index in [4.69, 9.17) is 11.6 Å². The van der Waals surface area contributed by atoms with E-state index in [1.165, 1.54) is 5.56 Å². The zero-order chi connectivity index (χ0) is 16.5. The van der Waals surface area contributed by atoms with Gasteiger partial charge in [0.1, 0.15) is 0 Å². The highest BCUT2D eigenvalue weighted by Crippen LogP contribution is 2.20. The second-order valence-corrected chi connectivity index (χ2v) is 6.97. The van der Waals surface area contributed by atoms with Gasteiger partial charge in [0.2, 0.25) is 5.91 Å². The predicted molar refractivity (Wildman–Crippen MR) is 100.0 cm³/mol. The standard InChI is InChI=1S/C19H22ClNOS/c1-15(11-12-16-7-3-2-4-8-16)21-19(22)14-23-13-17-9-5-6-10-18(17)20/h2-10,15H,11-14H2,1H3,(H,21,22)/t15-/m0/s1. The summed E-state index contributed by atoms with van der Waals surface area (Å²) in [7, 11) is 0. The molecule has 0 aliphatic carbocycles. The number of carbonyl (C=O) groups excluding carboxylic acids is 1. The maximum absolute atomic E-state index is 12.0. The zero-order valence-electron chi connectivity index (χ0n) is 13.3. The van der Waals surface area contributed by atoms with Crippen molar-refractivity contribution >= 4 is 29.3 Å². The summed E-state index contributed by atoms with van der Waals surface area (Å²) < 4.78 is 0. The lowest BCUT2D eigenvalue weighted by atomic mass is 10.1. The Labute approximate surface area is 147 Å². The van der Waals surface area contributed by atoms with E-state index in [2.05, 4.69) is 24.4 Å². The maximum Gasteiger partial charge on any atom is 0.230 e. The molecular weight excluding hydrogens is 326 g/mol. The molecule has 0 fully saturated rings. The lowest BCUT2D eigenvalue weighted by molar-refractivity contribution is -0.119. The number of aryl methyl sites for hydroxylation is 1. The number of carbonyl (C=O) groups is 1. The molecule has 0 saturated heterocycles. The topological polar surface area (TPSA) is 29.1 Å². The van der Waals surface area contributed by atoms with Crippen LogP contribution in [0.3, 0.4) is 0 Å². The van der Waals surface area contributed by atoms with Crippen molar-refractivity contribution in [3.63, 3.8) is 0 Å². The molecule has 0 saturated carbocycles. The fourth-order valence-corrected chi connectivity index (χ4v) is 3.41. The van der Waals surface area contributed by atoms with Gasteiger partial charge in [0.15, 0.2) is 0 Å². The van der Waals surface area contributed by atoms with E-state index in [1.807, 2.05) is 42.5 Å². The first-order valence-electron chi connectivity index (χ1n) is 7.79. The Kier molecular flexibility index (Phi) is 7.50. The first kappa shape index (κ1) is 17.9. The minimum Gasteiger partial charge on any atom is -0.353 e. The van der Waals surface area contributed by atoms with Crippen molar-refractivity contribution in [3.05, 3.63) is 70.7 Å². The molecule has 2 aromatic carbocycles. The SMILES string of the molecule is C[C@@H](CCc1ccccc1)NC(=O)CSCc1ccccc1Cl. The van der Waals surface area contributed by atoms with Crippen LogP contribution in [0.2, 0.25) is 5.02 Å². The molecule has 0 aromatic heterocycles. The first-order chi connectivity index (χ1) is 11.1. The second-order valence-electron chi connectivity index (χ2n) is 5.58. The van der Waals surface area contributed by atoms with Crippen LogP contribution in [-0.2, 0) is 17.0 Å². The number of rotatable bonds is 8. The van der Waals surface area contributed by atoms with Gasteiger partial charge in [-0.2, -0.15) is 0 Å². The van der Waals surface area contributed by atoms with Crippen LogP contribution in [0.25, 0.3) is 0 Å². The van der Waals surface area contributed by atoms with E-state index in [1.54, 1.807) is 11.8 Å². The second kappa shape index (κ2) is 9.64. The van der Waals surface area contributed by atoms with Gasteiger partial charge in [-0.25, -0.2) is 0 Å². The van der Waals surface area contributed by atoms with Crippen LogP contribution in [-0.4, -0.2) is 17.7 Å². The molecule has 0 heterocycles. The Morgan fingerprint density at radius 3 is 2.57 bits per heavy atom. The fraction of sp³-hybridized carbons (Fsp3) is 0.316. The summed E-state index contributed by atoms with van der Waals surface area (Å²) in [6, 6.07) is 18.3. The highest BCUT2D eigenvalue weighted by atomic mass is 35.5. The number of hydrogen-bond donors (Lipinski definition) is 1. The van der Waals surface area contributed by atoms with E-state index in [0.717, 1.165) is 29.2 Å². The van der Waals surface area contributed by atoms with Crippen molar-refractivity contribution < 1.29 is 4.79 Å². The van der Waals surface area contributed by atoms with Gasteiger partial charge in [-0.1, -0.05) is 60.1 Å². The summed E-state index contributed by atoms with van der Waals surface area (Å²) in [5.41, 5.74) is 2.38. The molecule has 2 rings (SSSR count). The van der Waals surface area contributed by atoms with E-state index >= 15 is 0 Å². The van der Waals surface area contributed by atoms with Crippen molar-refractivity contribution in [1.29, 1.82) is 0 Å². The molecule has 2 nitrogen and oxygen atoms in total. The Morgan fingerprint density at radius 1 is 1.13 bits per heavy atom. The normalized spacial score (nSPS) is 11.9. The number of halogens is 1. The van der Waals surface area contributed by atoms with E-state index in [0.29, 0.717) is 5.75 Å². The summed E-state index contributed by atoms with van der Waals surface area (Å²) in [6.07, 6.45) is 1.93. The molecule has 4 heteroatoms. The molecule has 0 aliphatic rings. The van der Waals surface area contributed by atoms with Crippen molar-refractivity contribution in [2.75, 3.05) is 5.75 Å². The van der Waals surface area contributed by atoms with Crippen LogP contribution < -0.4 is 5.32 Å². The highest BCUT2D eigenvalue weighted by Gasteiger charge is 2.08. The largest absolute Gasteiger partial charge is 0.353 e. The van der Waals surface area contributed by atoms with Crippen LogP contribution >= 0.6 is 23.4 Å². The van der Waals surface area contributed by atoms with E-state index in [9.17, 15) is 4.79 Å². The highest BCUT2D eigenvalue weighted by molar-refractivity contribution is 7.99. The van der Waals surface area contributed by atoms with Gasteiger partial charge in [0.05, 0.1) is 5.75 Å². The average molecular weight is 348 g/mol. The molecule has 0 radical (unpaired) electrons. The Balaban J connectivity index is 1.65. The number of hydrogen-bond acceptors (Lipinski definition) is 2. The zero-order valence-corrected chi connectivity index (χ0v) is 14.9. The maximum atomic E-state index is 12.0. The van der Waals surface area contributed by atoms with Gasteiger partial charge in [0, 0.05) is 16.8 Å². The number of benzene rings is 2. The third-order valence-electron chi connectivity index (χ3n) is 3.56. The average Bonchev–Trinajstić information content (AvgIpc) is 2.56. The van der Waals surface area contributed by atoms with Crippen molar-refractivity contribution in [2.24, 2.45) is 0 Å². The molecule has 0 spiro atoms. The van der Waals surface area contributed by atoms with Gasteiger partial charge in [-0.3, -0.25) is 4.79 Å². The van der Waals surface area contributed by atoms with Crippen LogP contribution in [0.15, 0.2) is 54.6 Å². The molecular formula is C19H22ClNOS. The molecule has 122 valence electrons. The molecule has 1 amide bonds. The summed E-state index contributed by atoms with van der Waals surface area (Å²) in [6.45, 7) is 2.06. The minimum absolute atomic E-state index is 0.0858. The number of thioether (sulfide) groups is 1. The minimum atomic E-state index is 0.0858. The fourth-order valence-electron chi connectivity index (χ4n) is 2.29. The molecule has 0 bridgehead atoms. The molecule has 0 aliphatic heterocycles. The van der Waals surface area contributed by atoms with Gasteiger partial charge in [-0.15, -0.1) is 11.8 Å². The van der Waals surface area contributed by atoms with Gasteiger partial charge in [-0.05, 0) is 37.0 Å². The van der Waals surface area contributed by atoms with Crippen LogP contribution in [0.1, 0.15) is 24.5 Å². The predicted octanol–water partition coefficient (Wildman–Crippen LogP) is 4.71. The number of nitrogens with one attached hydrogen (secondary N) is 1. The van der Waals surface area contributed by atoms with Gasteiger partial charge >= 0.3 is 0 Å². The van der Waals surface area contributed by atoms with Crippen molar-refractivity contribution in [1.82, 2.24) is 5.32 Å². The van der Waals surface area contributed by atoms with Crippen LogP contribution in [0.5, 0.6) is 0 Å². The smallest absolute Gasteiger partial charge is 0.230 e. The molecule has 1 N–H and O–H groups in total. The Morgan fingerprint density at radius 2 is 1.83 bits per heavy atom. The third-order valence-corrected chi connectivity index (χ3v) is 4.91. The summed E-state index contributed by atoms with van der Waals surface area (Å²) in [5.74, 6) is 1.30. The third kappa shape index (κ3) is 6.67. The van der Waals surface area contributed by atoms with E-state index < -0.39 is 0 Å². The Bertz CT molecular complexity index is 618. The Hall–Kier alpha value is -1.45. The summed E-state index contributed by atoms with van der Waals surface area (Å²) >= 11 is 7.70. The number of amides is 1. The molecule has 1 atom stereocenters. The lowest BCUT2D eigenvalue weighted by Gasteiger charge is -2.14. The van der Waals surface area contributed by atoms with E-state index in [-0.39, 0.29) is 11.9 Å². The first-order valence-corrected chi connectivity index (χ1v) is 9.33. The quantitative estimate of drug-likeness (QED) is 0.749. The van der Waals surface area contributed by atoms with Crippen LogP contribution in [0.4, 0.5) is 0 Å². The summed E-state index contributed by atoms with van der Waals surface area (Å²) in [4.78, 5) is 12.0. The molecule has 2 aromatic rings. The molecule has 0 unspecified atom stereocenters.